The fraction of sp³-hybridized carbons (Fsp3) is 0.200. The molecule has 10 heavy (non-hydrogen) atoms. The smallest absolute Gasteiger partial charge is 0.0433 e. The molecule has 2 heterocycles. The Kier molecular flexibility index (Phi) is 2.92. The monoisotopic (exact) mass is 244 g/mol. The number of rotatable bonds is 0. The average Bonchev–Trinajstić information content (AvgIpc) is 2.35. The Balaban J connectivity index is 0.000000500. The van der Waals surface area contributed by atoms with Crippen LogP contribution in [0.2, 0.25) is 0 Å². The van der Waals surface area contributed by atoms with Crippen LogP contribution in [0.3, 0.4) is 0 Å². The fourth-order valence-electron chi connectivity index (χ4n) is 0.652. The van der Waals surface area contributed by atoms with Gasteiger partial charge in [-0.2, -0.15) is 0 Å². The summed E-state index contributed by atoms with van der Waals surface area (Å²) >= 11 is 2.92. The van der Waals surface area contributed by atoms with Crippen LogP contribution in [-0.4, -0.2) is 8.75 Å². The van der Waals surface area contributed by atoms with Gasteiger partial charge in [0.15, 0.2) is 0 Å². The van der Waals surface area contributed by atoms with Gasteiger partial charge in [-0.25, -0.2) is 0 Å². The summed E-state index contributed by atoms with van der Waals surface area (Å²) in [5.41, 5.74) is 0. The van der Waals surface area contributed by atoms with E-state index in [0.29, 0.717) is 0 Å². The quantitative estimate of drug-likeness (QED) is 0.661. The normalized spacial score (nSPS) is 9.70. The molecule has 0 saturated carbocycles. The minimum absolute atomic E-state index is 0. The number of aromatic nitrogens is 2. The Labute approximate surface area is 91.9 Å². The molecule has 0 saturated heterocycles. The van der Waals surface area contributed by atoms with Crippen molar-refractivity contribution in [2.45, 2.75) is 6.92 Å². The molecule has 0 atom stereocenters. The summed E-state index contributed by atoms with van der Waals surface area (Å²) in [4.78, 5) is 2.22. The van der Waals surface area contributed by atoms with Crippen molar-refractivity contribution >= 4 is 33.3 Å². The second-order valence-electron chi connectivity index (χ2n) is 1.71. The van der Waals surface area contributed by atoms with E-state index in [9.17, 15) is 0 Å². The van der Waals surface area contributed by atoms with E-state index in [0.717, 1.165) is 10.2 Å². The van der Waals surface area contributed by atoms with Gasteiger partial charge in [0.05, 0.1) is 0 Å². The molecule has 0 fully saturated rings. The van der Waals surface area contributed by atoms with Gasteiger partial charge in [-0.3, -0.25) is 8.75 Å². The molecule has 0 aliphatic rings. The molecular formula is C5H3N2S2Y-. The fourth-order valence-corrected chi connectivity index (χ4v) is 2.02. The van der Waals surface area contributed by atoms with Crippen LogP contribution in [-0.2, 0) is 32.7 Å². The molecule has 0 bridgehead atoms. The van der Waals surface area contributed by atoms with Gasteiger partial charge in [-0.15, -0.1) is 28.5 Å². The number of fused-ring (bicyclic) bond motifs is 1. The molecule has 2 aromatic heterocycles. The van der Waals surface area contributed by atoms with Crippen molar-refractivity contribution in [3.63, 3.8) is 0 Å². The van der Waals surface area contributed by atoms with Gasteiger partial charge in [-0.1, -0.05) is 18.0 Å². The third-order valence-electron chi connectivity index (χ3n) is 1.12. The molecule has 1 radical (unpaired) electrons. The summed E-state index contributed by atoms with van der Waals surface area (Å²) in [6.45, 7) is 2.03. The molecule has 0 N–H and O–H groups in total. The van der Waals surface area contributed by atoms with Crippen molar-refractivity contribution in [2.75, 3.05) is 0 Å². The molecule has 2 rings (SSSR count). The van der Waals surface area contributed by atoms with Gasteiger partial charge < -0.3 is 0 Å². The summed E-state index contributed by atoms with van der Waals surface area (Å²) in [6.07, 6.45) is 2.88. The molecule has 0 aliphatic carbocycles. The molecule has 5 heteroatoms. The van der Waals surface area contributed by atoms with Gasteiger partial charge in [-0.05, 0) is 0 Å². The molecule has 49 valence electrons. The minimum Gasteiger partial charge on any atom is -0.280 e. The third-order valence-corrected chi connectivity index (χ3v) is 2.64. The SMILES string of the molecule is Cc1snc2sn[c-]c12.[Y]. The zero-order valence-electron chi connectivity index (χ0n) is 5.29. The van der Waals surface area contributed by atoms with Crippen molar-refractivity contribution in [1.82, 2.24) is 8.75 Å². The van der Waals surface area contributed by atoms with E-state index >= 15 is 0 Å². The molecule has 2 nitrogen and oxygen atoms in total. The summed E-state index contributed by atoms with van der Waals surface area (Å²) in [7, 11) is 0. The van der Waals surface area contributed by atoms with E-state index in [2.05, 4.69) is 14.9 Å². The first-order valence-corrected chi connectivity index (χ1v) is 4.02. The molecule has 0 unspecified atom stereocenters. The van der Waals surface area contributed by atoms with Crippen LogP contribution in [0.25, 0.3) is 10.2 Å². The van der Waals surface area contributed by atoms with Crippen LogP contribution in [0.4, 0.5) is 0 Å². The molecule has 0 spiro atoms. The second kappa shape index (κ2) is 3.35. The summed E-state index contributed by atoms with van der Waals surface area (Å²) in [5, 5.41) is 1.09. The first-order valence-electron chi connectivity index (χ1n) is 2.47. The zero-order valence-corrected chi connectivity index (χ0v) is 9.76. The van der Waals surface area contributed by atoms with Gasteiger partial charge in [0.2, 0.25) is 0 Å². The van der Waals surface area contributed by atoms with Crippen molar-refractivity contribution in [1.29, 1.82) is 0 Å². The number of nitrogens with zero attached hydrogens (tertiary/aromatic N) is 2. The van der Waals surface area contributed by atoms with Gasteiger partial charge in [0.1, 0.15) is 0 Å². The summed E-state index contributed by atoms with van der Waals surface area (Å²) in [5.74, 6) is 0. The summed E-state index contributed by atoms with van der Waals surface area (Å²) < 4.78 is 8.03. The Morgan fingerprint density at radius 1 is 1.40 bits per heavy atom. The Hall–Kier alpha value is 0.624. The van der Waals surface area contributed by atoms with Crippen molar-refractivity contribution in [2.24, 2.45) is 0 Å². The standard InChI is InChI=1S/C5H3N2S2.Y/c1-3-4-2-6-9-5(4)7-8-3;/h1H3;/q-1;. The van der Waals surface area contributed by atoms with Crippen molar-refractivity contribution in [3.8, 4) is 0 Å². The Bertz CT molecular complexity index is 327. The topological polar surface area (TPSA) is 25.8 Å². The summed E-state index contributed by atoms with van der Waals surface area (Å²) in [6, 6.07) is 0. The Morgan fingerprint density at radius 2 is 2.20 bits per heavy atom. The van der Waals surface area contributed by atoms with E-state index < -0.39 is 0 Å². The number of aryl methyl sites for hydroxylation is 1. The second-order valence-corrected chi connectivity index (χ2v) is 3.44. The van der Waals surface area contributed by atoms with Crippen molar-refractivity contribution in [3.05, 3.63) is 11.1 Å². The number of hydrogen-bond donors (Lipinski definition) is 0. The molecule has 0 amide bonds. The van der Waals surface area contributed by atoms with Crippen LogP contribution in [0.15, 0.2) is 0 Å². The van der Waals surface area contributed by atoms with Crippen LogP contribution in [0.5, 0.6) is 0 Å². The average molecular weight is 244 g/mol. The molecule has 0 aromatic carbocycles. The van der Waals surface area contributed by atoms with Gasteiger partial charge >= 0.3 is 0 Å². The predicted molar refractivity (Wildman–Crippen MR) is 38.9 cm³/mol. The van der Waals surface area contributed by atoms with Crippen LogP contribution in [0.1, 0.15) is 4.88 Å². The first-order chi connectivity index (χ1) is 4.38. The van der Waals surface area contributed by atoms with Gasteiger partial charge in [0.25, 0.3) is 0 Å². The van der Waals surface area contributed by atoms with E-state index in [1.165, 1.54) is 27.9 Å². The van der Waals surface area contributed by atoms with Crippen LogP contribution >= 0.6 is 23.1 Å². The van der Waals surface area contributed by atoms with E-state index in [-0.39, 0.29) is 32.7 Å². The van der Waals surface area contributed by atoms with Gasteiger partial charge in [0, 0.05) is 37.5 Å². The largest absolute Gasteiger partial charge is 0.280 e. The molecular weight excluding hydrogens is 241 g/mol. The maximum atomic E-state index is 4.14. The first kappa shape index (κ1) is 8.72. The maximum Gasteiger partial charge on any atom is 0.0433 e. The van der Waals surface area contributed by atoms with E-state index in [1.54, 1.807) is 0 Å². The molecule has 0 aliphatic heterocycles. The van der Waals surface area contributed by atoms with E-state index in [1.807, 2.05) is 6.92 Å². The van der Waals surface area contributed by atoms with Crippen molar-refractivity contribution < 1.29 is 32.7 Å². The predicted octanol–water partition coefficient (Wildman–Crippen LogP) is 1.86. The Morgan fingerprint density at radius 3 is 2.90 bits per heavy atom. The zero-order chi connectivity index (χ0) is 6.27. The van der Waals surface area contributed by atoms with Crippen LogP contribution in [0, 0.1) is 13.1 Å². The number of hydrogen-bond acceptors (Lipinski definition) is 4. The molecule has 2 aromatic rings. The third kappa shape index (κ3) is 1.30. The minimum atomic E-state index is 0. The maximum absolute atomic E-state index is 4.14. The van der Waals surface area contributed by atoms with E-state index in [4.69, 9.17) is 0 Å². The van der Waals surface area contributed by atoms with Crippen LogP contribution < -0.4 is 0 Å².